The summed E-state index contributed by atoms with van der Waals surface area (Å²) in [6.45, 7) is 6.71. The summed E-state index contributed by atoms with van der Waals surface area (Å²) in [6, 6.07) is 8.51. The average Bonchev–Trinajstić information content (AvgIpc) is 2.33. The van der Waals surface area contributed by atoms with Crippen molar-refractivity contribution in [2.24, 2.45) is 0 Å². The number of hydrogen-bond acceptors (Lipinski definition) is 1. The molecule has 2 aromatic carbocycles. The zero-order chi connectivity index (χ0) is 13.1. The first-order valence-corrected chi connectivity index (χ1v) is 6.91. The van der Waals surface area contributed by atoms with Crippen LogP contribution in [-0.2, 0) is 6.42 Å². The first kappa shape index (κ1) is 12.9. The lowest BCUT2D eigenvalue weighted by Crippen LogP contribution is -1.96. The Morgan fingerprint density at radius 2 is 1.83 bits per heavy atom. The lowest BCUT2D eigenvalue weighted by Gasteiger charge is -2.13. The minimum Gasteiger partial charge on any atom is -0.399 e. The van der Waals surface area contributed by atoms with Gasteiger partial charge in [0, 0.05) is 5.69 Å². The highest BCUT2D eigenvalue weighted by Crippen LogP contribution is 2.28. The van der Waals surface area contributed by atoms with Crippen molar-refractivity contribution < 1.29 is 0 Å². The maximum Gasteiger partial charge on any atom is 0.0320 e. The number of nitrogens with two attached hydrogens (primary N) is 1. The molecular weight excluding hydrogens is 218 g/mol. The van der Waals surface area contributed by atoms with Gasteiger partial charge in [-0.2, -0.15) is 0 Å². The Morgan fingerprint density at radius 1 is 1.06 bits per heavy atom. The van der Waals surface area contributed by atoms with Gasteiger partial charge >= 0.3 is 0 Å². The normalized spacial score (nSPS) is 11.1. The molecule has 2 N–H and O–H groups in total. The molecule has 2 aromatic rings. The number of nitrogen functional groups attached to an aromatic ring is 1. The molecule has 0 aliphatic heterocycles. The SMILES string of the molecule is CCCCCc1c(C)cc2cc(N)ccc2c1C. The highest BCUT2D eigenvalue weighted by atomic mass is 14.5. The van der Waals surface area contributed by atoms with Gasteiger partial charge in [0.05, 0.1) is 0 Å². The van der Waals surface area contributed by atoms with E-state index < -0.39 is 0 Å². The molecule has 0 spiro atoms. The van der Waals surface area contributed by atoms with Crippen molar-refractivity contribution in [2.45, 2.75) is 46.5 Å². The summed E-state index contributed by atoms with van der Waals surface area (Å²) in [7, 11) is 0. The van der Waals surface area contributed by atoms with Crippen molar-refractivity contribution in [2.75, 3.05) is 5.73 Å². The quantitative estimate of drug-likeness (QED) is 0.605. The molecule has 0 aliphatic carbocycles. The highest BCUT2D eigenvalue weighted by molar-refractivity contribution is 5.89. The lowest BCUT2D eigenvalue weighted by molar-refractivity contribution is 0.714. The van der Waals surface area contributed by atoms with E-state index in [4.69, 9.17) is 5.73 Å². The Hall–Kier alpha value is -1.50. The van der Waals surface area contributed by atoms with Crippen molar-refractivity contribution >= 4 is 16.5 Å². The van der Waals surface area contributed by atoms with Gasteiger partial charge < -0.3 is 5.73 Å². The molecular formula is C17H23N. The van der Waals surface area contributed by atoms with Crippen molar-refractivity contribution in [3.05, 3.63) is 41.0 Å². The summed E-state index contributed by atoms with van der Waals surface area (Å²) in [5.41, 5.74) is 11.1. The van der Waals surface area contributed by atoms with Gasteiger partial charge in [-0.1, -0.05) is 31.9 Å². The molecule has 0 radical (unpaired) electrons. The molecule has 96 valence electrons. The fourth-order valence-electron chi connectivity index (χ4n) is 2.76. The molecule has 0 aliphatic rings. The first-order valence-electron chi connectivity index (χ1n) is 6.91. The van der Waals surface area contributed by atoms with Gasteiger partial charge in [-0.05, 0) is 66.3 Å². The number of benzene rings is 2. The van der Waals surface area contributed by atoms with Gasteiger partial charge in [-0.25, -0.2) is 0 Å². The predicted octanol–water partition coefficient (Wildman–Crippen LogP) is 4.77. The van der Waals surface area contributed by atoms with Gasteiger partial charge in [0.15, 0.2) is 0 Å². The van der Waals surface area contributed by atoms with E-state index in [9.17, 15) is 0 Å². The van der Waals surface area contributed by atoms with Gasteiger partial charge in [0.25, 0.3) is 0 Å². The average molecular weight is 241 g/mol. The molecule has 0 amide bonds. The van der Waals surface area contributed by atoms with E-state index in [2.05, 4.69) is 39.0 Å². The molecule has 0 bridgehead atoms. The molecule has 1 nitrogen and oxygen atoms in total. The third-order valence-electron chi connectivity index (χ3n) is 3.81. The number of fused-ring (bicyclic) bond motifs is 1. The van der Waals surface area contributed by atoms with Crippen molar-refractivity contribution in [1.29, 1.82) is 0 Å². The minimum atomic E-state index is 0.847. The largest absolute Gasteiger partial charge is 0.399 e. The Balaban J connectivity index is 2.44. The molecule has 18 heavy (non-hydrogen) atoms. The zero-order valence-corrected chi connectivity index (χ0v) is 11.7. The van der Waals surface area contributed by atoms with E-state index in [1.54, 1.807) is 0 Å². The first-order chi connectivity index (χ1) is 8.63. The van der Waals surface area contributed by atoms with Crippen LogP contribution in [0.1, 0.15) is 42.9 Å². The molecule has 2 rings (SSSR count). The van der Waals surface area contributed by atoms with Crippen molar-refractivity contribution in [3.8, 4) is 0 Å². The van der Waals surface area contributed by atoms with Crippen LogP contribution < -0.4 is 5.73 Å². The van der Waals surface area contributed by atoms with Gasteiger partial charge in [0.1, 0.15) is 0 Å². The van der Waals surface area contributed by atoms with Crippen molar-refractivity contribution in [1.82, 2.24) is 0 Å². The maximum atomic E-state index is 5.86. The summed E-state index contributed by atoms with van der Waals surface area (Å²) in [4.78, 5) is 0. The van der Waals surface area contributed by atoms with Crippen LogP contribution in [0.2, 0.25) is 0 Å². The Kier molecular flexibility index (Phi) is 3.90. The van der Waals surface area contributed by atoms with Gasteiger partial charge in [0.2, 0.25) is 0 Å². The van der Waals surface area contributed by atoms with E-state index in [1.165, 1.54) is 53.1 Å². The summed E-state index contributed by atoms with van der Waals surface area (Å²) in [5.74, 6) is 0. The van der Waals surface area contributed by atoms with Gasteiger partial charge in [-0.3, -0.25) is 0 Å². The third-order valence-corrected chi connectivity index (χ3v) is 3.81. The molecule has 0 aromatic heterocycles. The zero-order valence-electron chi connectivity index (χ0n) is 11.7. The fraction of sp³-hybridized carbons (Fsp3) is 0.412. The van der Waals surface area contributed by atoms with E-state index in [-0.39, 0.29) is 0 Å². The summed E-state index contributed by atoms with van der Waals surface area (Å²) in [6.07, 6.45) is 5.09. The highest BCUT2D eigenvalue weighted by Gasteiger charge is 2.07. The molecule has 0 saturated carbocycles. The van der Waals surface area contributed by atoms with Gasteiger partial charge in [-0.15, -0.1) is 0 Å². The van der Waals surface area contributed by atoms with Crippen LogP contribution in [0.15, 0.2) is 24.3 Å². The van der Waals surface area contributed by atoms with Crippen molar-refractivity contribution in [3.63, 3.8) is 0 Å². The van der Waals surface area contributed by atoms with E-state index in [0.717, 1.165) is 5.69 Å². The van der Waals surface area contributed by atoms with Crippen LogP contribution in [0, 0.1) is 13.8 Å². The minimum absolute atomic E-state index is 0.847. The number of anilines is 1. The second kappa shape index (κ2) is 5.43. The van der Waals surface area contributed by atoms with Crippen LogP contribution in [0.25, 0.3) is 10.8 Å². The summed E-state index contributed by atoms with van der Waals surface area (Å²) >= 11 is 0. The second-order valence-corrected chi connectivity index (χ2v) is 5.23. The Bertz CT molecular complexity index is 555. The molecule has 0 unspecified atom stereocenters. The van der Waals surface area contributed by atoms with E-state index in [1.807, 2.05) is 6.07 Å². The number of aryl methyl sites for hydroxylation is 2. The molecule has 0 saturated heterocycles. The monoisotopic (exact) mass is 241 g/mol. The fourth-order valence-corrected chi connectivity index (χ4v) is 2.76. The smallest absolute Gasteiger partial charge is 0.0320 e. The molecule has 0 atom stereocenters. The standard InChI is InChI=1S/C17H23N/c1-4-5-6-7-16-12(2)10-14-11-15(18)8-9-17(14)13(16)3/h8-11H,4-7,18H2,1-3H3. The van der Waals surface area contributed by atoms with Crippen LogP contribution in [0.3, 0.4) is 0 Å². The lowest BCUT2D eigenvalue weighted by atomic mass is 9.92. The number of rotatable bonds is 4. The third kappa shape index (κ3) is 2.50. The number of unbranched alkanes of at least 4 members (excludes halogenated alkanes) is 2. The van der Waals surface area contributed by atoms with E-state index in [0.29, 0.717) is 0 Å². The predicted molar refractivity (Wildman–Crippen MR) is 81.1 cm³/mol. The van der Waals surface area contributed by atoms with E-state index >= 15 is 0 Å². The maximum absolute atomic E-state index is 5.86. The topological polar surface area (TPSA) is 26.0 Å². The Labute approximate surface area is 110 Å². The Morgan fingerprint density at radius 3 is 2.56 bits per heavy atom. The molecule has 1 heteroatoms. The van der Waals surface area contributed by atoms with Crippen LogP contribution >= 0.6 is 0 Å². The van der Waals surface area contributed by atoms with Crippen LogP contribution in [0.4, 0.5) is 5.69 Å². The van der Waals surface area contributed by atoms with Crippen LogP contribution in [-0.4, -0.2) is 0 Å². The van der Waals surface area contributed by atoms with Crippen LogP contribution in [0.5, 0.6) is 0 Å². The summed E-state index contributed by atoms with van der Waals surface area (Å²) < 4.78 is 0. The summed E-state index contributed by atoms with van der Waals surface area (Å²) in [5, 5.41) is 2.62. The second-order valence-electron chi connectivity index (χ2n) is 5.23. The number of hydrogen-bond donors (Lipinski definition) is 1. The molecule has 0 heterocycles. The molecule has 0 fully saturated rings.